The molecule has 2 amide bonds. The first-order valence-corrected chi connectivity index (χ1v) is 6.23. The lowest BCUT2D eigenvalue weighted by Crippen LogP contribution is -2.29. The summed E-state index contributed by atoms with van der Waals surface area (Å²) < 4.78 is 0. The van der Waals surface area contributed by atoms with Crippen LogP contribution >= 0.6 is 0 Å². The molecule has 6 heteroatoms. The highest BCUT2D eigenvalue weighted by molar-refractivity contribution is 6.35. The molecular weight excluding hydrogens is 272 g/mol. The molecule has 0 saturated carbocycles. The van der Waals surface area contributed by atoms with E-state index in [2.05, 4.69) is 0 Å². The van der Waals surface area contributed by atoms with Gasteiger partial charge in [0.25, 0.3) is 17.5 Å². The SMILES string of the molecule is Cc1cccc(N2C(=O)c3cccc([N+](=O)[O-])c3C2=O)c1. The number of amides is 2. The molecule has 0 aromatic heterocycles. The zero-order valence-electron chi connectivity index (χ0n) is 11.1. The van der Waals surface area contributed by atoms with Crippen LogP contribution in [0.15, 0.2) is 42.5 Å². The summed E-state index contributed by atoms with van der Waals surface area (Å²) in [5.74, 6) is -1.20. The second-order valence-electron chi connectivity index (χ2n) is 4.74. The quantitative estimate of drug-likeness (QED) is 0.482. The summed E-state index contributed by atoms with van der Waals surface area (Å²) in [6.07, 6.45) is 0. The lowest BCUT2D eigenvalue weighted by Gasteiger charge is -2.14. The zero-order valence-corrected chi connectivity index (χ0v) is 11.1. The second kappa shape index (κ2) is 4.52. The van der Waals surface area contributed by atoms with E-state index < -0.39 is 16.7 Å². The number of anilines is 1. The summed E-state index contributed by atoms with van der Waals surface area (Å²) in [6, 6.07) is 10.9. The molecule has 0 N–H and O–H groups in total. The monoisotopic (exact) mass is 282 g/mol. The van der Waals surface area contributed by atoms with Gasteiger partial charge in [-0.05, 0) is 30.7 Å². The van der Waals surface area contributed by atoms with Crippen LogP contribution in [0.2, 0.25) is 0 Å². The minimum absolute atomic E-state index is 0.0655. The van der Waals surface area contributed by atoms with E-state index in [4.69, 9.17) is 0 Å². The molecule has 1 aliphatic heterocycles. The highest BCUT2D eigenvalue weighted by Gasteiger charge is 2.41. The van der Waals surface area contributed by atoms with Crippen molar-refractivity contribution < 1.29 is 14.5 Å². The van der Waals surface area contributed by atoms with Gasteiger partial charge in [0, 0.05) is 6.07 Å². The number of carbonyl (C=O) groups excluding carboxylic acids is 2. The van der Waals surface area contributed by atoms with Gasteiger partial charge in [-0.25, -0.2) is 4.90 Å². The number of carbonyl (C=O) groups is 2. The Balaban J connectivity index is 2.18. The molecule has 6 nitrogen and oxygen atoms in total. The van der Waals surface area contributed by atoms with Crippen molar-refractivity contribution in [3.8, 4) is 0 Å². The zero-order chi connectivity index (χ0) is 15.1. The maximum Gasteiger partial charge on any atom is 0.283 e. The Morgan fingerprint density at radius 1 is 1.05 bits per heavy atom. The number of hydrogen-bond donors (Lipinski definition) is 0. The van der Waals surface area contributed by atoms with Gasteiger partial charge in [-0.1, -0.05) is 18.2 Å². The Labute approximate surface area is 119 Å². The van der Waals surface area contributed by atoms with Gasteiger partial charge < -0.3 is 0 Å². The van der Waals surface area contributed by atoms with Crippen molar-refractivity contribution >= 4 is 23.2 Å². The molecule has 0 fully saturated rings. The second-order valence-corrected chi connectivity index (χ2v) is 4.74. The summed E-state index contributed by atoms with van der Waals surface area (Å²) in [4.78, 5) is 36.2. The average Bonchev–Trinajstić information content (AvgIpc) is 2.71. The molecule has 21 heavy (non-hydrogen) atoms. The Kier molecular flexibility index (Phi) is 2.79. The molecule has 104 valence electrons. The van der Waals surface area contributed by atoms with Crippen molar-refractivity contribution in [2.45, 2.75) is 6.92 Å². The maximum absolute atomic E-state index is 12.4. The molecule has 1 aliphatic rings. The summed E-state index contributed by atoms with van der Waals surface area (Å²) in [7, 11) is 0. The van der Waals surface area contributed by atoms with Gasteiger partial charge in [-0.15, -0.1) is 0 Å². The third-order valence-electron chi connectivity index (χ3n) is 3.35. The van der Waals surface area contributed by atoms with Gasteiger partial charge in [0.1, 0.15) is 5.56 Å². The van der Waals surface area contributed by atoms with Gasteiger partial charge in [0.2, 0.25) is 0 Å². The van der Waals surface area contributed by atoms with E-state index in [1.54, 1.807) is 18.2 Å². The lowest BCUT2D eigenvalue weighted by molar-refractivity contribution is -0.385. The van der Waals surface area contributed by atoms with Crippen LogP contribution in [0, 0.1) is 17.0 Å². The number of imide groups is 1. The first kappa shape index (κ1) is 13.0. The highest BCUT2D eigenvalue weighted by atomic mass is 16.6. The predicted molar refractivity (Wildman–Crippen MR) is 75.4 cm³/mol. The third kappa shape index (κ3) is 1.88. The molecule has 0 saturated heterocycles. The smallest absolute Gasteiger partial charge is 0.268 e. The predicted octanol–water partition coefficient (Wildman–Crippen LogP) is 2.70. The number of nitro groups is 1. The molecule has 0 aliphatic carbocycles. The number of aryl methyl sites for hydroxylation is 1. The van der Waals surface area contributed by atoms with Crippen LogP contribution in [0.5, 0.6) is 0 Å². The van der Waals surface area contributed by atoms with Crippen LogP contribution in [0.1, 0.15) is 26.3 Å². The molecule has 0 unspecified atom stereocenters. The summed E-state index contributed by atoms with van der Waals surface area (Å²) in [6.45, 7) is 1.84. The van der Waals surface area contributed by atoms with Gasteiger partial charge >= 0.3 is 0 Å². The molecular formula is C15H10N2O4. The highest BCUT2D eigenvalue weighted by Crippen LogP contribution is 2.33. The Hall–Kier alpha value is -3.02. The van der Waals surface area contributed by atoms with Crippen LogP contribution in [0.25, 0.3) is 0 Å². The number of fused-ring (bicyclic) bond motifs is 1. The standard InChI is InChI=1S/C15H10N2O4/c1-9-4-2-5-10(8-9)16-14(18)11-6-3-7-12(17(20)21)13(11)15(16)19/h2-8H,1H3. The van der Waals surface area contributed by atoms with Crippen LogP contribution in [0.4, 0.5) is 11.4 Å². The fourth-order valence-corrected chi connectivity index (χ4v) is 2.42. The Morgan fingerprint density at radius 3 is 2.43 bits per heavy atom. The van der Waals surface area contributed by atoms with Crippen molar-refractivity contribution in [3.63, 3.8) is 0 Å². The minimum Gasteiger partial charge on any atom is -0.268 e. The molecule has 0 spiro atoms. The van der Waals surface area contributed by atoms with Crippen molar-refractivity contribution in [3.05, 3.63) is 69.3 Å². The first-order chi connectivity index (χ1) is 10.0. The normalized spacial score (nSPS) is 13.5. The molecule has 0 radical (unpaired) electrons. The van der Waals surface area contributed by atoms with Crippen molar-refractivity contribution in [2.24, 2.45) is 0 Å². The number of rotatable bonds is 2. The Bertz CT molecular complexity index is 798. The molecule has 1 heterocycles. The lowest BCUT2D eigenvalue weighted by atomic mass is 10.1. The topological polar surface area (TPSA) is 80.5 Å². The summed E-state index contributed by atoms with van der Waals surface area (Å²) >= 11 is 0. The molecule has 2 aromatic rings. The van der Waals surface area contributed by atoms with Crippen molar-refractivity contribution in [2.75, 3.05) is 4.90 Å². The fourth-order valence-electron chi connectivity index (χ4n) is 2.42. The van der Waals surface area contributed by atoms with E-state index in [-0.39, 0.29) is 16.8 Å². The number of nitro benzene ring substituents is 1. The molecule has 0 atom stereocenters. The van der Waals surface area contributed by atoms with E-state index in [1.807, 2.05) is 13.0 Å². The minimum atomic E-state index is -0.659. The van der Waals surface area contributed by atoms with E-state index >= 15 is 0 Å². The fraction of sp³-hybridized carbons (Fsp3) is 0.0667. The van der Waals surface area contributed by atoms with E-state index in [1.165, 1.54) is 18.2 Å². The molecule has 2 aromatic carbocycles. The maximum atomic E-state index is 12.4. The average molecular weight is 282 g/mol. The van der Waals surface area contributed by atoms with Gasteiger partial charge in [0.05, 0.1) is 16.2 Å². The van der Waals surface area contributed by atoms with Crippen LogP contribution < -0.4 is 4.90 Å². The van der Waals surface area contributed by atoms with Gasteiger partial charge in [-0.3, -0.25) is 19.7 Å². The first-order valence-electron chi connectivity index (χ1n) is 6.23. The van der Waals surface area contributed by atoms with Crippen LogP contribution in [-0.4, -0.2) is 16.7 Å². The number of hydrogen-bond acceptors (Lipinski definition) is 4. The van der Waals surface area contributed by atoms with Crippen molar-refractivity contribution in [1.82, 2.24) is 0 Å². The summed E-state index contributed by atoms with van der Waals surface area (Å²) in [5.41, 5.74) is 0.875. The van der Waals surface area contributed by atoms with E-state index in [9.17, 15) is 19.7 Å². The largest absolute Gasteiger partial charge is 0.283 e. The van der Waals surface area contributed by atoms with Gasteiger partial charge in [-0.2, -0.15) is 0 Å². The molecule has 3 rings (SSSR count). The van der Waals surface area contributed by atoms with Crippen LogP contribution in [0.3, 0.4) is 0 Å². The number of benzene rings is 2. The summed E-state index contributed by atoms with van der Waals surface area (Å²) in [5, 5.41) is 11.0. The Morgan fingerprint density at radius 2 is 1.76 bits per heavy atom. The number of nitrogens with zero attached hydrogens (tertiary/aromatic N) is 2. The van der Waals surface area contributed by atoms with E-state index in [0.29, 0.717) is 5.69 Å². The van der Waals surface area contributed by atoms with Crippen LogP contribution in [-0.2, 0) is 0 Å². The molecule has 0 bridgehead atoms. The van der Waals surface area contributed by atoms with Crippen molar-refractivity contribution in [1.29, 1.82) is 0 Å². The van der Waals surface area contributed by atoms with Gasteiger partial charge in [0.15, 0.2) is 0 Å². The third-order valence-corrected chi connectivity index (χ3v) is 3.35. The van der Waals surface area contributed by atoms with E-state index in [0.717, 1.165) is 10.5 Å².